The molecule has 2 N–H and O–H groups in total. The van der Waals surface area contributed by atoms with Crippen molar-refractivity contribution in [2.75, 3.05) is 12.8 Å². The molecule has 0 radical (unpaired) electrons. The van der Waals surface area contributed by atoms with Crippen LogP contribution in [-0.4, -0.2) is 12.1 Å². The molecule has 0 bridgehead atoms. The number of fused-ring (bicyclic) bond motifs is 2. The van der Waals surface area contributed by atoms with Crippen molar-refractivity contribution in [2.24, 2.45) is 0 Å². The van der Waals surface area contributed by atoms with Gasteiger partial charge in [-0.05, 0) is 73.7 Å². The van der Waals surface area contributed by atoms with Crippen LogP contribution in [0.4, 0.5) is 5.69 Å². The number of rotatable bonds is 3. The molecule has 0 saturated carbocycles. The second-order valence-electron chi connectivity index (χ2n) is 6.47. The third-order valence-electron chi connectivity index (χ3n) is 4.82. The molecule has 1 aromatic heterocycles. The van der Waals surface area contributed by atoms with Gasteiger partial charge in [0.15, 0.2) is 0 Å². The number of aryl methyl sites for hydroxylation is 1. The van der Waals surface area contributed by atoms with Gasteiger partial charge in [0.1, 0.15) is 17.2 Å². The van der Waals surface area contributed by atoms with Gasteiger partial charge in [-0.2, -0.15) is 0 Å². The Morgan fingerprint density at radius 2 is 1.58 bits per heavy atom. The minimum atomic E-state index is 0. The average molecular weight is 371 g/mol. The summed E-state index contributed by atoms with van der Waals surface area (Å²) in [5, 5.41) is 0.978. The molecule has 3 aromatic rings. The molecular formula is C21H23ClN2O2. The second-order valence-corrected chi connectivity index (χ2v) is 6.47. The van der Waals surface area contributed by atoms with E-state index < -0.39 is 0 Å². The van der Waals surface area contributed by atoms with Crippen molar-refractivity contribution in [3.63, 3.8) is 0 Å². The summed E-state index contributed by atoms with van der Waals surface area (Å²) in [7, 11) is 1.65. The highest BCUT2D eigenvalue weighted by molar-refractivity contribution is 5.93. The molecule has 1 heterocycles. The summed E-state index contributed by atoms with van der Waals surface area (Å²) < 4.78 is 11.1. The largest absolute Gasteiger partial charge is 0.497 e. The van der Waals surface area contributed by atoms with Crippen LogP contribution in [0.5, 0.6) is 17.2 Å². The molecule has 0 atom stereocenters. The summed E-state index contributed by atoms with van der Waals surface area (Å²) in [4.78, 5) is 4.86. The number of hydrogen-bond donors (Lipinski definition) is 1. The van der Waals surface area contributed by atoms with Crippen LogP contribution < -0.4 is 15.2 Å². The van der Waals surface area contributed by atoms with Gasteiger partial charge in [0.05, 0.1) is 12.6 Å². The van der Waals surface area contributed by atoms with Crippen molar-refractivity contribution < 1.29 is 9.47 Å². The van der Waals surface area contributed by atoms with E-state index in [0.717, 1.165) is 46.7 Å². The lowest BCUT2D eigenvalue weighted by Crippen LogP contribution is -2.03. The lowest BCUT2D eigenvalue weighted by atomic mass is 10.0. The number of nitrogen functional groups attached to an aromatic ring is 1. The Morgan fingerprint density at radius 3 is 2.35 bits per heavy atom. The predicted molar refractivity (Wildman–Crippen MR) is 108 cm³/mol. The van der Waals surface area contributed by atoms with E-state index in [1.807, 2.05) is 42.5 Å². The van der Waals surface area contributed by atoms with Crippen molar-refractivity contribution in [3.05, 3.63) is 53.7 Å². The highest BCUT2D eigenvalue weighted by Crippen LogP contribution is 2.33. The van der Waals surface area contributed by atoms with E-state index in [4.69, 9.17) is 20.2 Å². The zero-order valence-corrected chi connectivity index (χ0v) is 15.6. The Balaban J connectivity index is 0.00000196. The fraction of sp³-hybridized carbons (Fsp3) is 0.286. The first kappa shape index (κ1) is 18.3. The molecule has 5 heteroatoms. The molecule has 0 saturated heterocycles. The number of nitrogens with two attached hydrogens (primary N) is 1. The molecule has 136 valence electrons. The van der Waals surface area contributed by atoms with E-state index >= 15 is 0 Å². The maximum Gasteiger partial charge on any atom is 0.128 e. The summed E-state index contributed by atoms with van der Waals surface area (Å²) >= 11 is 0. The predicted octanol–water partition coefficient (Wildman–Crippen LogP) is 5.31. The molecule has 0 fully saturated rings. The lowest BCUT2D eigenvalue weighted by molar-refractivity contribution is 0.413. The van der Waals surface area contributed by atoms with Crippen molar-refractivity contribution in [2.45, 2.75) is 32.1 Å². The van der Waals surface area contributed by atoms with Crippen LogP contribution in [0, 0.1) is 0 Å². The number of hydrogen-bond acceptors (Lipinski definition) is 4. The fourth-order valence-corrected chi connectivity index (χ4v) is 3.46. The molecule has 2 aromatic carbocycles. The zero-order valence-electron chi connectivity index (χ0n) is 14.8. The standard InChI is InChI=1S/C21H22N2O2.ClH/c1-24-14-7-9-15(10-8-14)25-16-11-12-20-18(13-16)21(22)17-5-3-2-4-6-19(17)23-20;/h7-13H,2-6H2,1H3,(H2,22,23);1H. The molecule has 26 heavy (non-hydrogen) atoms. The minimum absolute atomic E-state index is 0. The van der Waals surface area contributed by atoms with Gasteiger partial charge in [0.25, 0.3) is 0 Å². The van der Waals surface area contributed by atoms with Gasteiger partial charge in [-0.15, -0.1) is 12.4 Å². The fourth-order valence-electron chi connectivity index (χ4n) is 3.46. The average Bonchev–Trinajstić information content (AvgIpc) is 2.89. The van der Waals surface area contributed by atoms with E-state index in [-0.39, 0.29) is 12.4 Å². The molecular weight excluding hydrogens is 348 g/mol. The number of anilines is 1. The summed E-state index contributed by atoms with van der Waals surface area (Å²) in [6.45, 7) is 0. The molecule has 0 spiro atoms. The first-order valence-electron chi connectivity index (χ1n) is 8.77. The molecule has 0 unspecified atom stereocenters. The van der Waals surface area contributed by atoms with Crippen LogP contribution in [0.2, 0.25) is 0 Å². The van der Waals surface area contributed by atoms with Crippen molar-refractivity contribution >= 4 is 29.0 Å². The van der Waals surface area contributed by atoms with E-state index in [1.165, 1.54) is 30.5 Å². The van der Waals surface area contributed by atoms with E-state index in [1.54, 1.807) is 7.11 Å². The van der Waals surface area contributed by atoms with Gasteiger partial charge in [-0.1, -0.05) is 6.42 Å². The Bertz CT molecular complexity index is 910. The number of nitrogens with zero attached hydrogens (tertiary/aromatic N) is 1. The molecule has 1 aliphatic carbocycles. The second kappa shape index (κ2) is 7.83. The first-order chi connectivity index (χ1) is 12.2. The highest BCUT2D eigenvalue weighted by atomic mass is 35.5. The van der Waals surface area contributed by atoms with Crippen molar-refractivity contribution in [1.82, 2.24) is 4.98 Å². The van der Waals surface area contributed by atoms with E-state index in [0.29, 0.717) is 0 Å². The number of pyridine rings is 1. The van der Waals surface area contributed by atoms with Gasteiger partial charge in [0.2, 0.25) is 0 Å². The van der Waals surface area contributed by atoms with E-state index in [9.17, 15) is 0 Å². The molecule has 1 aliphatic rings. The van der Waals surface area contributed by atoms with Gasteiger partial charge in [0, 0.05) is 16.8 Å². The summed E-state index contributed by atoms with van der Waals surface area (Å²) in [5.41, 5.74) is 10.7. The van der Waals surface area contributed by atoms with Gasteiger partial charge < -0.3 is 15.2 Å². The number of aromatic nitrogens is 1. The van der Waals surface area contributed by atoms with Crippen LogP contribution in [0.15, 0.2) is 42.5 Å². The quantitative estimate of drug-likeness (QED) is 0.635. The third-order valence-corrected chi connectivity index (χ3v) is 4.82. The number of halogens is 1. The van der Waals surface area contributed by atoms with Gasteiger partial charge in [-0.25, -0.2) is 0 Å². The van der Waals surface area contributed by atoms with Crippen molar-refractivity contribution in [1.29, 1.82) is 0 Å². The normalized spacial score (nSPS) is 13.4. The van der Waals surface area contributed by atoms with Crippen LogP contribution in [-0.2, 0) is 12.8 Å². The Hall–Kier alpha value is -2.46. The van der Waals surface area contributed by atoms with Gasteiger partial charge >= 0.3 is 0 Å². The SMILES string of the molecule is COc1ccc(Oc2ccc3nc4c(c(N)c3c2)CCCCC4)cc1.Cl. The van der Waals surface area contributed by atoms with Crippen molar-refractivity contribution in [3.8, 4) is 17.2 Å². The van der Waals surface area contributed by atoms with Crippen LogP contribution in [0.3, 0.4) is 0 Å². The summed E-state index contributed by atoms with van der Waals surface area (Å²) in [5.74, 6) is 2.34. The Labute approximate surface area is 159 Å². The summed E-state index contributed by atoms with van der Waals surface area (Å²) in [6, 6.07) is 13.5. The Morgan fingerprint density at radius 1 is 0.885 bits per heavy atom. The first-order valence-corrected chi connectivity index (χ1v) is 8.77. The number of benzene rings is 2. The van der Waals surface area contributed by atoms with Crippen LogP contribution >= 0.6 is 12.4 Å². The maximum atomic E-state index is 6.50. The molecule has 4 rings (SSSR count). The van der Waals surface area contributed by atoms with Crippen LogP contribution in [0.25, 0.3) is 10.9 Å². The zero-order chi connectivity index (χ0) is 17.2. The van der Waals surface area contributed by atoms with Crippen LogP contribution in [0.1, 0.15) is 30.5 Å². The topological polar surface area (TPSA) is 57.4 Å². The smallest absolute Gasteiger partial charge is 0.128 e. The number of ether oxygens (including phenoxy) is 2. The Kier molecular flexibility index (Phi) is 5.52. The lowest BCUT2D eigenvalue weighted by Gasteiger charge is -2.13. The molecule has 0 amide bonds. The molecule has 0 aliphatic heterocycles. The monoisotopic (exact) mass is 370 g/mol. The maximum absolute atomic E-state index is 6.50. The highest BCUT2D eigenvalue weighted by Gasteiger charge is 2.16. The van der Waals surface area contributed by atoms with Gasteiger partial charge in [-0.3, -0.25) is 4.98 Å². The number of methoxy groups -OCH3 is 1. The minimum Gasteiger partial charge on any atom is -0.497 e. The van der Waals surface area contributed by atoms with E-state index in [2.05, 4.69) is 0 Å². The molecule has 4 nitrogen and oxygen atoms in total. The third kappa shape index (κ3) is 3.56. The summed E-state index contributed by atoms with van der Waals surface area (Å²) in [6.07, 6.45) is 5.68.